The summed E-state index contributed by atoms with van der Waals surface area (Å²) in [6.07, 6.45) is 1.75. The molecule has 3 aromatic rings. The summed E-state index contributed by atoms with van der Waals surface area (Å²) < 4.78 is 7.14. The molecule has 0 spiro atoms. The molecule has 0 radical (unpaired) electrons. The molecule has 1 saturated heterocycles. The second kappa shape index (κ2) is 12.2. The number of para-hydroxylation sites is 1. The number of likely N-dealkylation sites (N-methyl/N-ethyl adjacent to an activating group) is 1. The van der Waals surface area contributed by atoms with E-state index in [0.717, 1.165) is 48.2 Å². The molecule has 1 fully saturated rings. The molecule has 1 heterocycles. The number of hydrogen-bond acceptors (Lipinski definition) is 2. The van der Waals surface area contributed by atoms with Gasteiger partial charge in [0.05, 0.1) is 26.7 Å². The minimum Gasteiger partial charge on any atom is -1.00 e. The highest BCUT2D eigenvalue weighted by Gasteiger charge is 2.38. The number of halogens is 1. The van der Waals surface area contributed by atoms with Gasteiger partial charge in [0, 0.05) is 24.4 Å². The van der Waals surface area contributed by atoms with Crippen molar-refractivity contribution in [2.24, 2.45) is 5.92 Å². The molecule has 180 valence electrons. The van der Waals surface area contributed by atoms with Crippen LogP contribution in [0.25, 0.3) is 0 Å². The molecule has 3 atom stereocenters. The molecule has 2 unspecified atom stereocenters. The molecule has 1 aliphatic heterocycles. The molecule has 3 aromatic carbocycles. The zero-order valence-electron chi connectivity index (χ0n) is 20.1. The summed E-state index contributed by atoms with van der Waals surface area (Å²) in [6.45, 7) is 5.73. The topological polar surface area (TPSA) is 29.5 Å². The van der Waals surface area contributed by atoms with Crippen molar-refractivity contribution in [2.75, 3.05) is 31.6 Å². The van der Waals surface area contributed by atoms with Gasteiger partial charge in [0.15, 0.2) is 6.10 Å². The van der Waals surface area contributed by atoms with Gasteiger partial charge in [0.25, 0.3) is 0 Å². The van der Waals surface area contributed by atoms with E-state index in [1.165, 1.54) is 5.56 Å². The third-order valence-electron chi connectivity index (χ3n) is 6.89. The van der Waals surface area contributed by atoms with Crippen molar-refractivity contribution in [3.63, 3.8) is 0 Å². The smallest absolute Gasteiger partial charge is 0.415 e. The minimum atomic E-state index is -0.265. The van der Waals surface area contributed by atoms with Gasteiger partial charge in [-0.1, -0.05) is 85.8 Å². The highest BCUT2D eigenvalue weighted by Crippen LogP contribution is 2.27. The van der Waals surface area contributed by atoms with E-state index in [9.17, 15) is 4.79 Å². The lowest BCUT2D eigenvalue weighted by Gasteiger charge is -2.44. The SMILES string of the molecule is CC1CC[N+](C)(CCc2ccccc2)C[C@@H]1OC(=O)N(Cc1ccccc1)c1ccccc1.[Br-]. The zero-order chi connectivity index (χ0) is 23.1. The molecule has 0 aliphatic carbocycles. The monoisotopic (exact) mass is 522 g/mol. The number of amides is 1. The first-order valence-electron chi connectivity index (χ1n) is 12.0. The van der Waals surface area contributed by atoms with Crippen LogP contribution in [0, 0.1) is 5.92 Å². The lowest BCUT2D eigenvalue weighted by molar-refractivity contribution is -0.918. The van der Waals surface area contributed by atoms with Gasteiger partial charge in [-0.25, -0.2) is 4.79 Å². The largest absolute Gasteiger partial charge is 1.00 e. The molecule has 0 bridgehead atoms. The number of anilines is 1. The minimum absolute atomic E-state index is 0. The molecular weight excluding hydrogens is 488 g/mol. The van der Waals surface area contributed by atoms with E-state index in [-0.39, 0.29) is 29.2 Å². The number of rotatable bonds is 7. The van der Waals surface area contributed by atoms with Crippen LogP contribution in [0.3, 0.4) is 0 Å². The van der Waals surface area contributed by atoms with Crippen LogP contribution >= 0.6 is 0 Å². The third kappa shape index (κ3) is 6.94. The zero-order valence-corrected chi connectivity index (χ0v) is 21.7. The average molecular weight is 524 g/mol. The maximum atomic E-state index is 13.4. The van der Waals surface area contributed by atoms with E-state index >= 15 is 0 Å². The Morgan fingerprint density at radius 2 is 1.47 bits per heavy atom. The molecule has 5 heteroatoms. The average Bonchev–Trinajstić information content (AvgIpc) is 2.85. The maximum Gasteiger partial charge on any atom is 0.415 e. The number of piperidine rings is 1. The molecule has 4 nitrogen and oxygen atoms in total. The van der Waals surface area contributed by atoms with Crippen molar-refractivity contribution < 1.29 is 31.0 Å². The van der Waals surface area contributed by atoms with E-state index in [0.29, 0.717) is 12.5 Å². The second-order valence-corrected chi connectivity index (χ2v) is 9.58. The summed E-state index contributed by atoms with van der Waals surface area (Å²) in [4.78, 5) is 15.2. The Balaban J connectivity index is 0.00000324. The summed E-state index contributed by atoms with van der Waals surface area (Å²) in [5.74, 6) is 0.353. The van der Waals surface area contributed by atoms with Crippen molar-refractivity contribution in [1.29, 1.82) is 0 Å². The van der Waals surface area contributed by atoms with Gasteiger partial charge < -0.3 is 26.2 Å². The van der Waals surface area contributed by atoms with Gasteiger partial charge in [-0.15, -0.1) is 0 Å². The normalized spacial score (nSPS) is 21.8. The van der Waals surface area contributed by atoms with Crippen LogP contribution in [0.5, 0.6) is 0 Å². The van der Waals surface area contributed by atoms with Crippen molar-refractivity contribution in [2.45, 2.75) is 32.4 Å². The summed E-state index contributed by atoms with van der Waals surface area (Å²) >= 11 is 0. The number of ether oxygens (including phenoxy) is 1. The molecule has 0 N–H and O–H groups in total. The Morgan fingerprint density at radius 1 is 0.912 bits per heavy atom. The first kappa shape index (κ1) is 26.0. The maximum absolute atomic E-state index is 13.4. The predicted octanol–water partition coefficient (Wildman–Crippen LogP) is 2.93. The van der Waals surface area contributed by atoms with Gasteiger partial charge in [-0.3, -0.25) is 4.90 Å². The summed E-state index contributed by atoms with van der Waals surface area (Å²) in [6, 6.07) is 30.6. The lowest BCUT2D eigenvalue weighted by Crippen LogP contribution is -3.00. The molecule has 1 aliphatic rings. The Morgan fingerprint density at radius 3 is 2.09 bits per heavy atom. The number of carbonyl (C=O) groups excluding carboxylic acids is 1. The van der Waals surface area contributed by atoms with Gasteiger partial charge in [-0.2, -0.15) is 0 Å². The van der Waals surface area contributed by atoms with E-state index in [4.69, 9.17) is 4.74 Å². The molecule has 34 heavy (non-hydrogen) atoms. The van der Waals surface area contributed by atoms with Crippen LogP contribution in [0.4, 0.5) is 10.5 Å². The molecule has 0 aromatic heterocycles. The van der Waals surface area contributed by atoms with Gasteiger partial charge in [0.1, 0.15) is 6.54 Å². The molecular formula is C29H35BrN2O2. The van der Waals surface area contributed by atoms with E-state index in [2.05, 4.69) is 44.3 Å². The third-order valence-corrected chi connectivity index (χ3v) is 6.89. The Labute approximate surface area is 214 Å². The van der Waals surface area contributed by atoms with Crippen molar-refractivity contribution in [3.05, 3.63) is 102 Å². The first-order chi connectivity index (χ1) is 16.0. The molecule has 4 rings (SSSR count). The lowest BCUT2D eigenvalue weighted by atomic mass is 9.93. The highest BCUT2D eigenvalue weighted by atomic mass is 79.9. The predicted molar refractivity (Wildman–Crippen MR) is 134 cm³/mol. The highest BCUT2D eigenvalue weighted by molar-refractivity contribution is 5.87. The fraction of sp³-hybridized carbons (Fsp3) is 0.345. The van der Waals surface area contributed by atoms with Crippen molar-refractivity contribution >= 4 is 11.8 Å². The number of hydrogen-bond donors (Lipinski definition) is 0. The fourth-order valence-corrected chi connectivity index (χ4v) is 4.64. The van der Waals surface area contributed by atoms with Crippen LogP contribution in [0.1, 0.15) is 24.5 Å². The van der Waals surface area contributed by atoms with Crippen molar-refractivity contribution in [1.82, 2.24) is 0 Å². The number of likely N-dealkylation sites (tertiary alicyclic amines) is 1. The van der Waals surface area contributed by atoms with Gasteiger partial charge in [-0.05, 0) is 23.3 Å². The van der Waals surface area contributed by atoms with E-state index in [1.807, 2.05) is 60.7 Å². The van der Waals surface area contributed by atoms with E-state index < -0.39 is 0 Å². The van der Waals surface area contributed by atoms with Crippen LogP contribution in [-0.4, -0.2) is 43.4 Å². The standard InChI is InChI=1S/C29H35N2O2.BrH/c1-24-18-20-31(2,21-19-25-12-6-3-7-13-25)23-28(24)33-29(32)30(27-16-10-5-11-17-27)22-26-14-8-4-9-15-26;/h3-17,24,28H,18-23H2,1-2H3;1H/q+1;/p-1/t24?,28-,31?;/m0./s1. The Hall–Kier alpha value is -2.63. The van der Waals surface area contributed by atoms with Gasteiger partial charge >= 0.3 is 6.09 Å². The first-order valence-corrected chi connectivity index (χ1v) is 12.0. The van der Waals surface area contributed by atoms with Crippen LogP contribution in [0.15, 0.2) is 91.0 Å². The Kier molecular flexibility index (Phi) is 9.31. The van der Waals surface area contributed by atoms with E-state index in [1.54, 1.807) is 4.90 Å². The summed E-state index contributed by atoms with van der Waals surface area (Å²) in [7, 11) is 2.30. The molecule has 1 amide bonds. The van der Waals surface area contributed by atoms with Crippen LogP contribution in [-0.2, 0) is 17.7 Å². The number of carbonyl (C=O) groups is 1. The molecule has 0 saturated carbocycles. The fourth-order valence-electron chi connectivity index (χ4n) is 4.64. The second-order valence-electron chi connectivity index (χ2n) is 9.58. The summed E-state index contributed by atoms with van der Waals surface area (Å²) in [5.41, 5.74) is 3.30. The number of nitrogens with zero attached hydrogens (tertiary/aromatic N) is 2. The quantitative estimate of drug-likeness (QED) is 0.446. The number of benzene rings is 3. The Bertz CT molecular complexity index is 1020. The number of quaternary nitrogens is 1. The van der Waals surface area contributed by atoms with Crippen LogP contribution < -0.4 is 21.9 Å². The van der Waals surface area contributed by atoms with Gasteiger partial charge in [0.2, 0.25) is 0 Å². The van der Waals surface area contributed by atoms with Crippen LogP contribution in [0.2, 0.25) is 0 Å². The summed E-state index contributed by atoms with van der Waals surface area (Å²) in [5, 5.41) is 0. The van der Waals surface area contributed by atoms with Crippen molar-refractivity contribution in [3.8, 4) is 0 Å².